The third kappa shape index (κ3) is 4.19. The van der Waals surface area contributed by atoms with E-state index in [1.807, 2.05) is 0 Å². The molecule has 0 bridgehead atoms. The first-order chi connectivity index (χ1) is 8.55. The fourth-order valence-electron chi connectivity index (χ4n) is 1.28. The van der Waals surface area contributed by atoms with Gasteiger partial charge in [-0.25, -0.2) is 0 Å². The van der Waals surface area contributed by atoms with Crippen LogP contribution in [0.1, 0.15) is 18.1 Å². The summed E-state index contributed by atoms with van der Waals surface area (Å²) in [6, 6.07) is 2.53. The van der Waals surface area contributed by atoms with E-state index in [-0.39, 0.29) is 5.56 Å². The van der Waals surface area contributed by atoms with E-state index < -0.39 is 35.6 Å². The van der Waals surface area contributed by atoms with Crippen molar-refractivity contribution in [1.82, 2.24) is 0 Å². The van der Waals surface area contributed by atoms with Gasteiger partial charge in [0.25, 0.3) is 0 Å². The quantitative estimate of drug-likeness (QED) is 0.577. The molecule has 0 aliphatic heterocycles. The van der Waals surface area contributed by atoms with Crippen molar-refractivity contribution in [2.75, 3.05) is 0 Å². The van der Waals surface area contributed by atoms with Crippen molar-refractivity contribution in [3.63, 3.8) is 0 Å². The van der Waals surface area contributed by atoms with E-state index in [0.717, 1.165) is 12.1 Å². The zero-order valence-corrected chi connectivity index (χ0v) is 10.3. The fraction of sp³-hybridized carbons (Fsp3) is 0.455. The zero-order valence-electron chi connectivity index (χ0n) is 9.57. The van der Waals surface area contributed by atoms with Crippen LogP contribution in [0.5, 0.6) is 5.75 Å². The summed E-state index contributed by atoms with van der Waals surface area (Å²) >= 11 is 5.35. The molecule has 19 heavy (non-hydrogen) atoms. The normalized spacial score (nSPS) is 14.3. The standard InChI is InChI=1S/C11H9ClF6O/c1-6(10(13,14)15)19-8-3-2-7(5-12)9(4-8)11(16,17)18/h2-4,6H,5H2,1H3/t6-/m0/s1. The average molecular weight is 307 g/mol. The molecule has 0 spiro atoms. The van der Waals surface area contributed by atoms with Gasteiger partial charge in [-0.05, 0) is 24.6 Å². The Morgan fingerprint density at radius 1 is 1.16 bits per heavy atom. The first kappa shape index (κ1) is 15.9. The van der Waals surface area contributed by atoms with E-state index in [4.69, 9.17) is 11.6 Å². The average Bonchev–Trinajstić information content (AvgIpc) is 2.26. The number of alkyl halides is 7. The summed E-state index contributed by atoms with van der Waals surface area (Å²) in [5.41, 5.74) is -1.32. The van der Waals surface area contributed by atoms with Gasteiger partial charge >= 0.3 is 12.4 Å². The van der Waals surface area contributed by atoms with E-state index in [1.165, 1.54) is 0 Å². The lowest BCUT2D eigenvalue weighted by Gasteiger charge is -2.19. The van der Waals surface area contributed by atoms with Gasteiger partial charge in [0.1, 0.15) is 5.75 Å². The van der Waals surface area contributed by atoms with E-state index in [2.05, 4.69) is 4.74 Å². The highest BCUT2D eigenvalue weighted by Gasteiger charge is 2.39. The molecule has 0 N–H and O–H groups in total. The van der Waals surface area contributed by atoms with Gasteiger partial charge in [0.05, 0.1) is 5.56 Å². The highest BCUT2D eigenvalue weighted by atomic mass is 35.5. The molecule has 0 radical (unpaired) electrons. The number of halogens is 7. The maximum Gasteiger partial charge on any atom is 0.425 e. The Bertz CT molecular complexity index is 440. The second kappa shape index (κ2) is 5.48. The second-order valence-corrected chi connectivity index (χ2v) is 4.02. The number of benzene rings is 1. The molecule has 0 aromatic heterocycles. The Kier molecular flexibility index (Phi) is 4.60. The van der Waals surface area contributed by atoms with Crippen LogP contribution < -0.4 is 4.74 Å². The van der Waals surface area contributed by atoms with Crippen LogP contribution in [0, 0.1) is 0 Å². The molecule has 0 aliphatic rings. The van der Waals surface area contributed by atoms with Gasteiger partial charge in [-0.2, -0.15) is 26.3 Å². The van der Waals surface area contributed by atoms with Gasteiger partial charge < -0.3 is 4.74 Å². The maximum absolute atomic E-state index is 12.7. The summed E-state index contributed by atoms with van der Waals surface area (Å²) in [7, 11) is 0. The van der Waals surface area contributed by atoms with Crippen LogP contribution in [0.3, 0.4) is 0 Å². The molecule has 0 unspecified atom stereocenters. The summed E-state index contributed by atoms with van der Waals surface area (Å²) in [6.07, 6.45) is -11.6. The Balaban J connectivity index is 3.06. The molecule has 108 valence electrons. The van der Waals surface area contributed by atoms with Gasteiger partial charge in [0, 0.05) is 5.88 Å². The van der Waals surface area contributed by atoms with Crippen molar-refractivity contribution < 1.29 is 31.1 Å². The maximum atomic E-state index is 12.7. The molecule has 8 heteroatoms. The van der Waals surface area contributed by atoms with E-state index in [1.54, 1.807) is 0 Å². The Labute approximate surface area is 110 Å². The molecule has 1 rings (SSSR count). The van der Waals surface area contributed by atoms with Gasteiger partial charge in [0.15, 0.2) is 6.10 Å². The third-order valence-electron chi connectivity index (χ3n) is 2.30. The molecule has 0 aliphatic carbocycles. The number of hydrogen-bond acceptors (Lipinski definition) is 1. The van der Waals surface area contributed by atoms with Crippen molar-refractivity contribution >= 4 is 11.6 Å². The summed E-state index contributed by atoms with van der Waals surface area (Å²) < 4.78 is 79.1. The van der Waals surface area contributed by atoms with Crippen LogP contribution in [0.2, 0.25) is 0 Å². The minimum atomic E-state index is -4.70. The van der Waals surface area contributed by atoms with Crippen LogP contribution >= 0.6 is 11.6 Å². The largest absolute Gasteiger partial charge is 0.481 e. The van der Waals surface area contributed by atoms with Crippen molar-refractivity contribution in [2.24, 2.45) is 0 Å². The smallest absolute Gasteiger partial charge is 0.425 e. The lowest BCUT2D eigenvalue weighted by molar-refractivity contribution is -0.189. The molecule has 1 aromatic rings. The molecule has 1 nitrogen and oxygen atoms in total. The third-order valence-corrected chi connectivity index (χ3v) is 2.59. The number of rotatable bonds is 3. The van der Waals surface area contributed by atoms with Crippen LogP contribution in [-0.4, -0.2) is 12.3 Å². The summed E-state index contributed by atoms with van der Waals surface area (Å²) in [6.45, 7) is 0.711. The molecule has 0 fully saturated rings. The molecule has 1 aromatic carbocycles. The molecule has 0 amide bonds. The molecular weight excluding hydrogens is 298 g/mol. The van der Waals surface area contributed by atoms with E-state index >= 15 is 0 Å². The van der Waals surface area contributed by atoms with Crippen molar-refractivity contribution in [3.8, 4) is 5.75 Å². The number of ether oxygens (including phenoxy) is 1. The predicted molar refractivity (Wildman–Crippen MR) is 57.1 cm³/mol. The second-order valence-electron chi connectivity index (χ2n) is 3.75. The Morgan fingerprint density at radius 3 is 2.16 bits per heavy atom. The highest BCUT2D eigenvalue weighted by molar-refractivity contribution is 6.17. The fourth-order valence-corrected chi connectivity index (χ4v) is 1.51. The summed E-state index contributed by atoms with van der Waals surface area (Å²) in [5.74, 6) is -0.907. The molecule has 0 saturated carbocycles. The van der Waals surface area contributed by atoms with Crippen LogP contribution in [0.25, 0.3) is 0 Å². The van der Waals surface area contributed by atoms with Gasteiger partial charge in [-0.3, -0.25) is 0 Å². The number of hydrogen-bond donors (Lipinski definition) is 0. The van der Waals surface area contributed by atoms with Crippen molar-refractivity contribution in [2.45, 2.75) is 31.3 Å². The molecule has 0 heterocycles. The topological polar surface area (TPSA) is 9.23 Å². The molecular formula is C11H9ClF6O. The minimum absolute atomic E-state index is 0.221. The van der Waals surface area contributed by atoms with Crippen molar-refractivity contribution in [1.29, 1.82) is 0 Å². The summed E-state index contributed by atoms with van der Waals surface area (Å²) in [5, 5.41) is 0. The van der Waals surface area contributed by atoms with E-state index in [9.17, 15) is 26.3 Å². The lowest BCUT2D eigenvalue weighted by atomic mass is 10.1. The van der Waals surface area contributed by atoms with Gasteiger partial charge in [-0.1, -0.05) is 6.07 Å². The minimum Gasteiger partial charge on any atom is -0.481 e. The van der Waals surface area contributed by atoms with E-state index in [0.29, 0.717) is 13.0 Å². The Hall–Kier alpha value is -1.11. The molecule has 1 atom stereocenters. The zero-order chi connectivity index (χ0) is 14.8. The first-order valence-electron chi connectivity index (χ1n) is 5.05. The van der Waals surface area contributed by atoms with Crippen LogP contribution in [0.15, 0.2) is 18.2 Å². The van der Waals surface area contributed by atoms with Crippen molar-refractivity contribution in [3.05, 3.63) is 29.3 Å². The van der Waals surface area contributed by atoms with Crippen LogP contribution in [-0.2, 0) is 12.1 Å². The van der Waals surface area contributed by atoms with Gasteiger partial charge in [-0.15, -0.1) is 11.6 Å². The predicted octanol–water partition coefficient (Wildman–Crippen LogP) is 4.77. The van der Waals surface area contributed by atoms with Gasteiger partial charge in [0.2, 0.25) is 0 Å². The summed E-state index contributed by atoms with van der Waals surface area (Å²) in [4.78, 5) is 0. The molecule has 0 saturated heterocycles. The first-order valence-corrected chi connectivity index (χ1v) is 5.58. The highest BCUT2D eigenvalue weighted by Crippen LogP contribution is 2.36. The van der Waals surface area contributed by atoms with Crippen LogP contribution in [0.4, 0.5) is 26.3 Å². The monoisotopic (exact) mass is 306 g/mol. The Morgan fingerprint density at radius 2 is 1.74 bits per heavy atom. The lowest BCUT2D eigenvalue weighted by Crippen LogP contribution is -2.31. The SMILES string of the molecule is C[C@H](Oc1ccc(CCl)c(C(F)(F)F)c1)C(F)(F)F.